The molecule has 1 amide bonds. The molecule has 0 bridgehead atoms. The van der Waals surface area contributed by atoms with Crippen LogP contribution in [0, 0.1) is 22.7 Å². The van der Waals surface area contributed by atoms with Gasteiger partial charge in [-0.25, -0.2) is 0 Å². The Morgan fingerprint density at radius 1 is 1.23 bits per heavy atom. The fourth-order valence-electron chi connectivity index (χ4n) is 5.10. The molecule has 4 aliphatic rings. The highest BCUT2D eigenvalue weighted by Crippen LogP contribution is 2.43. The van der Waals surface area contributed by atoms with Crippen molar-refractivity contribution < 1.29 is 9.53 Å². The van der Waals surface area contributed by atoms with Crippen LogP contribution in [0.15, 0.2) is 23.1 Å². The molecule has 1 aliphatic carbocycles. The molecule has 0 N–H and O–H groups in total. The fraction of sp³-hybridized carbons (Fsp3) is 0.714. The van der Waals surface area contributed by atoms with Crippen LogP contribution in [0.4, 0.5) is 0 Å². The number of hydrogen-bond acceptors (Lipinski definition) is 4. The second kappa shape index (κ2) is 7.78. The number of hydrogen-bond donors (Lipinski definition) is 0. The molecular formula is C21H28N2O2S. The predicted molar refractivity (Wildman–Crippen MR) is 103 cm³/mol. The van der Waals surface area contributed by atoms with Gasteiger partial charge in [0, 0.05) is 36.6 Å². The lowest BCUT2D eigenvalue weighted by atomic mass is 9.77. The van der Waals surface area contributed by atoms with Gasteiger partial charge in [0.2, 0.25) is 0 Å². The van der Waals surface area contributed by atoms with Gasteiger partial charge < -0.3 is 9.64 Å². The number of carbonyl (C=O) groups is 1. The van der Waals surface area contributed by atoms with Crippen molar-refractivity contribution in [3.63, 3.8) is 0 Å². The van der Waals surface area contributed by atoms with Gasteiger partial charge in [0.1, 0.15) is 0 Å². The highest BCUT2D eigenvalue weighted by molar-refractivity contribution is 8.03. The van der Waals surface area contributed by atoms with Gasteiger partial charge in [-0.15, -0.1) is 11.8 Å². The zero-order chi connectivity index (χ0) is 18.0. The molecule has 140 valence electrons. The summed E-state index contributed by atoms with van der Waals surface area (Å²) in [5.74, 6) is 0.904. The Morgan fingerprint density at radius 3 is 2.73 bits per heavy atom. The molecule has 26 heavy (non-hydrogen) atoms. The molecular weight excluding hydrogens is 344 g/mol. The summed E-state index contributed by atoms with van der Waals surface area (Å²) in [6, 6.07) is 3.00. The molecule has 0 radical (unpaired) electrons. The number of rotatable bonds is 2. The van der Waals surface area contributed by atoms with E-state index in [1.807, 2.05) is 11.5 Å². The van der Waals surface area contributed by atoms with Crippen LogP contribution >= 0.6 is 11.8 Å². The molecule has 4 nitrogen and oxygen atoms in total. The molecule has 2 saturated heterocycles. The van der Waals surface area contributed by atoms with Gasteiger partial charge in [-0.1, -0.05) is 25.0 Å². The first-order chi connectivity index (χ1) is 12.7. The van der Waals surface area contributed by atoms with Crippen LogP contribution in [0.2, 0.25) is 0 Å². The van der Waals surface area contributed by atoms with Gasteiger partial charge in [0.25, 0.3) is 5.91 Å². The maximum Gasteiger partial charge on any atom is 0.254 e. The highest BCUT2D eigenvalue weighted by Gasteiger charge is 2.41. The quantitative estimate of drug-likeness (QED) is 0.734. The maximum atomic E-state index is 13.1. The number of amides is 1. The summed E-state index contributed by atoms with van der Waals surface area (Å²) in [6.07, 6.45) is 13.1. The summed E-state index contributed by atoms with van der Waals surface area (Å²) in [5.41, 5.74) is 0.446. The molecule has 1 saturated carbocycles. The third-order valence-corrected chi connectivity index (χ3v) is 7.99. The van der Waals surface area contributed by atoms with Crippen molar-refractivity contribution in [1.29, 1.82) is 5.26 Å². The molecule has 0 aromatic rings. The van der Waals surface area contributed by atoms with E-state index in [0.717, 1.165) is 31.4 Å². The Morgan fingerprint density at radius 2 is 2.00 bits per heavy atom. The number of ether oxygens (including phenoxy) is 1. The Bertz CT molecular complexity index is 643. The van der Waals surface area contributed by atoms with E-state index in [1.165, 1.54) is 32.1 Å². The van der Waals surface area contributed by atoms with Crippen molar-refractivity contribution in [2.45, 2.75) is 62.7 Å². The van der Waals surface area contributed by atoms with Gasteiger partial charge in [0.15, 0.2) is 0 Å². The predicted octanol–water partition coefficient (Wildman–Crippen LogP) is 4.04. The lowest BCUT2D eigenvalue weighted by molar-refractivity contribution is -0.132. The van der Waals surface area contributed by atoms with E-state index < -0.39 is 0 Å². The largest absolute Gasteiger partial charge is 0.381 e. The maximum absolute atomic E-state index is 13.1. The number of likely N-dealkylation sites (tertiary alicyclic amines) is 1. The SMILES string of the molecule is N#CC1(C2C=CC(C(=O)N3CCCC4CCCCC43)=CS2)CCOCC1. The molecule has 0 aromatic carbocycles. The van der Waals surface area contributed by atoms with Crippen LogP contribution < -0.4 is 0 Å². The van der Waals surface area contributed by atoms with Crippen molar-refractivity contribution in [2.24, 2.45) is 11.3 Å². The minimum atomic E-state index is -0.357. The number of fused-ring (bicyclic) bond motifs is 1. The monoisotopic (exact) mass is 372 g/mol. The van der Waals surface area contributed by atoms with E-state index in [2.05, 4.69) is 17.0 Å². The minimum Gasteiger partial charge on any atom is -0.381 e. The van der Waals surface area contributed by atoms with E-state index in [1.54, 1.807) is 11.8 Å². The van der Waals surface area contributed by atoms with Crippen LogP contribution in [-0.4, -0.2) is 41.9 Å². The van der Waals surface area contributed by atoms with Gasteiger partial charge in [-0.05, 0) is 49.9 Å². The van der Waals surface area contributed by atoms with Crippen LogP contribution in [0.1, 0.15) is 51.4 Å². The smallest absolute Gasteiger partial charge is 0.254 e. The van der Waals surface area contributed by atoms with Gasteiger partial charge >= 0.3 is 0 Å². The Hall–Kier alpha value is -1.25. The zero-order valence-corrected chi connectivity index (χ0v) is 16.2. The Labute approximate surface area is 160 Å². The van der Waals surface area contributed by atoms with Crippen molar-refractivity contribution in [1.82, 2.24) is 4.90 Å². The lowest BCUT2D eigenvalue weighted by Gasteiger charge is -2.44. The van der Waals surface area contributed by atoms with E-state index in [4.69, 9.17) is 4.74 Å². The van der Waals surface area contributed by atoms with E-state index >= 15 is 0 Å². The summed E-state index contributed by atoms with van der Waals surface area (Å²) >= 11 is 1.65. The lowest BCUT2D eigenvalue weighted by Crippen LogP contribution is -2.50. The van der Waals surface area contributed by atoms with Crippen LogP contribution in [0.25, 0.3) is 0 Å². The molecule has 3 aliphatic heterocycles. The molecule has 4 rings (SSSR count). The molecule has 0 aromatic heterocycles. The van der Waals surface area contributed by atoms with Crippen molar-refractivity contribution >= 4 is 17.7 Å². The standard InChI is InChI=1S/C21H28N2O2S/c22-15-21(9-12-25-13-10-21)19-8-7-17(14-26-19)20(24)23-11-3-5-16-4-1-2-6-18(16)23/h7-8,14,16,18-19H,1-6,9-13H2. The van der Waals surface area contributed by atoms with Crippen molar-refractivity contribution in [3.05, 3.63) is 23.1 Å². The summed E-state index contributed by atoms with van der Waals surface area (Å²) in [6.45, 7) is 2.22. The van der Waals surface area contributed by atoms with Crippen LogP contribution in [-0.2, 0) is 9.53 Å². The molecule has 3 heterocycles. The summed E-state index contributed by atoms with van der Waals surface area (Å²) in [5, 5.41) is 11.9. The molecule has 3 fully saturated rings. The number of carbonyl (C=O) groups excluding carboxylic acids is 1. The summed E-state index contributed by atoms with van der Waals surface area (Å²) in [7, 11) is 0. The average Bonchev–Trinajstić information content (AvgIpc) is 2.73. The average molecular weight is 373 g/mol. The van der Waals surface area contributed by atoms with Crippen molar-refractivity contribution in [3.8, 4) is 6.07 Å². The summed E-state index contributed by atoms with van der Waals surface area (Å²) in [4.78, 5) is 15.3. The van der Waals surface area contributed by atoms with Crippen LogP contribution in [0.3, 0.4) is 0 Å². The molecule has 5 heteroatoms. The second-order valence-corrected chi connectivity index (χ2v) is 9.14. The highest BCUT2D eigenvalue weighted by atomic mass is 32.2. The van der Waals surface area contributed by atoms with Gasteiger partial charge in [-0.3, -0.25) is 4.79 Å². The fourth-order valence-corrected chi connectivity index (χ4v) is 6.29. The number of nitrogens with zero attached hydrogens (tertiary/aromatic N) is 2. The first-order valence-corrected chi connectivity index (χ1v) is 11.0. The first kappa shape index (κ1) is 18.1. The first-order valence-electron chi connectivity index (χ1n) is 10.1. The third kappa shape index (κ3) is 3.34. The number of nitriles is 1. The van der Waals surface area contributed by atoms with E-state index in [-0.39, 0.29) is 16.6 Å². The topological polar surface area (TPSA) is 53.3 Å². The summed E-state index contributed by atoms with van der Waals surface area (Å²) < 4.78 is 5.45. The second-order valence-electron chi connectivity index (χ2n) is 8.12. The molecule has 0 spiro atoms. The van der Waals surface area contributed by atoms with Gasteiger partial charge in [-0.2, -0.15) is 5.26 Å². The zero-order valence-electron chi connectivity index (χ0n) is 15.4. The number of thioether (sulfide) groups is 1. The minimum absolute atomic E-state index is 0.122. The molecule has 3 unspecified atom stereocenters. The van der Waals surface area contributed by atoms with Gasteiger partial charge in [0.05, 0.1) is 11.5 Å². The van der Waals surface area contributed by atoms with E-state index in [9.17, 15) is 10.1 Å². The van der Waals surface area contributed by atoms with Crippen LogP contribution in [0.5, 0.6) is 0 Å². The number of piperidine rings is 1. The molecule has 3 atom stereocenters. The Balaban J connectivity index is 1.44. The Kier molecular flexibility index (Phi) is 5.42. The van der Waals surface area contributed by atoms with Crippen molar-refractivity contribution in [2.75, 3.05) is 19.8 Å². The third-order valence-electron chi connectivity index (χ3n) is 6.70. The van der Waals surface area contributed by atoms with E-state index in [0.29, 0.717) is 25.2 Å². The normalized spacial score (nSPS) is 33.7.